The maximum Gasteiger partial charge on any atom is 0.234 e. The van der Waals surface area contributed by atoms with Crippen molar-refractivity contribution in [3.05, 3.63) is 24.0 Å². The van der Waals surface area contributed by atoms with Crippen LogP contribution in [0.5, 0.6) is 0 Å². The van der Waals surface area contributed by atoms with E-state index >= 15 is 0 Å². The summed E-state index contributed by atoms with van der Waals surface area (Å²) in [5.74, 6) is 0.102. The van der Waals surface area contributed by atoms with Gasteiger partial charge in [0, 0.05) is 32.0 Å². The number of amides is 1. The number of morpholine rings is 1. The van der Waals surface area contributed by atoms with E-state index in [1.165, 1.54) is 5.69 Å². The fourth-order valence-electron chi connectivity index (χ4n) is 2.74. The van der Waals surface area contributed by atoms with Crippen LogP contribution in [0.25, 0.3) is 0 Å². The third-order valence-electron chi connectivity index (χ3n) is 4.11. The summed E-state index contributed by atoms with van der Waals surface area (Å²) in [6.45, 7) is 9.86. The van der Waals surface area contributed by atoms with Crippen molar-refractivity contribution in [2.24, 2.45) is 12.5 Å². The fraction of sp³-hybridized carbons (Fsp3) is 0.706. The van der Waals surface area contributed by atoms with Crippen molar-refractivity contribution in [3.63, 3.8) is 0 Å². The highest BCUT2D eigenvalue weighted by molar-refractivity contribution is 5.78. The Hall–Kier alpha value is -1.33. The number of aryl methyl sites for hydroxylation is 1. The summed E-state index contributed by atoms with van der Waals surface area (Å²) in [5, 5.41) is 3.04. The van der Waals surface area contributed by atoms with Crippen LogP contribution in [0.15, 0.2) is 18.3 Å². The van der Waals surface area contributed by atoms with E-state index in [0.29, 0.717) is 19.8 Å². The zero-order valence-electron chi connectivity index (χ0n) is 14.3. The van der Waals surface area contributed by atoms with Crippen molar-refractivity contribution in [1.29, 1.82) is 0 Å². The van der Waals surface area contributed by atoms with Gasteiger partial charge in [-0.3, -0.25) is 9.69 Å². The third-order valence-corrected chi connectivity index (χ3v) is 4.11. The molecule has 0 spiro atoms. The van der Waals surface area contributed by atoms with Gasteiger partial charge < -0.3 is 14.6 Å². The maximum absolute atomic E-state index is 12.2. The van der Waals surface area contributed by atoms with Gasteiger partial charge in [0.2, 0.25) is 5.91 Å². The molecule has 2 rings (SSSR count). The molecule has 1 atom stereocenters. The Kier molecular flexibility index (Phi) is 5.64. The van der Waals surface area contributed by atoms with Gasteiger partial charge >= 0.3 is 0 Å². The molecule has 1 aliphatic rings. The number of carbonyl (C=O) groups excluding carboxylic acids is 1. The molecule has 1 fully saturated rings. The van der Waals surface area contributed by atoms with E-state index in [2.05, 4.69) is 41.6 Å². The highest BCUT2D eigenvalue weighted by atomic mass is 16.5. The summed E-state index contributed by atoms with van der Waals surface area (Å²) in [7, 11) is 2.03. The lowest BCUT2D eigenvalue weighted by atomic mass is 9.92. The van der Waals surface area contributed by atoms with Crippen molar-refractivity contribution < 1.29 is 9.53 Å². The molecule has 0 aliphatic carbocycles. The van der Waals surface area contributed by atoms with Crippen LogP contribution in [0, 0.1) is 5.41 Å². The molecular weight excluding hydrogens is 278 g/mol. The first-order chi connectivity index (χ1) is 10.4. The number of nitrogens with zero attached hydrogens (tertiary/aromatic N) is 2. The monoisotopic (exact) mass is 307 g/mol. The molecule has 0 aromatic carbocycles. The zero-order chi connectivity index (χ0) is 16.2. The number of carbonyl (C=O) groups is 1. The van der Waals surface area contributed by atoms with Crippen LogP contribution >= 0.6 is 0 Å². The average molecular weight is 307 g/mol. The minimum atomic E-state index is 0.102. The van der Waals surface area contributed by atoms with E-state index in [4.69, 9.17) is 4.74 Å². The topological polar surface area (TPSA) is 46.5 Å². The van der Waals surface area contributed by atoms with Gasteiger partial charge in [0.1, 0.15) is 0 Å². The van der Waals surface area contributed by atoms with Gasteiger partial charge in [0.25, 0.3) is 0 Å². The Bertz CT molecular complexity index is 490. The summed E-state index contributed by atoms with van der Waals surface area (Å²) >= 11 is 0. The molecule has 1 amide bonds. The van der Waals surface area contributed by atoms with Gasteiger partial charge in [-0.2, -0.15) is 0 Å². The van der Waals surface area contributed by atoms with Crippen LogP contribution in [-0.4, -0.2) is 48.2 Å². The SMILES string of the molecule is Cn1cccc1[C@H]1COCCN1CC(=O)NCCC(C)(C)C. The van der Waals surface area contributed by atoms with E-state index < -0.39 is 0 Å². The largest absolute Gasteiger partial charge is 0.378 e. The molecule has 5 heteroatoms. The van der Waals surface area contributed by atoms with Crippen LogP contribution in [-0.2, 0) is 16.6 Å². The number of nitrogens with one attached hydrogen (secondary N) is 1. The number of aromatic nitrogens is 1. The predicted octanol–water partition coefficient (Wildman–Crippen LogP) is 1.95. The van der Waals surface area contributed by atoms with Crippen LogP contribution in [0.4, 0.5) is 0 Å². The minimum absolute atomic E-state index is 0.102. The fourth-order valence-corrected chi connectivity index (χ4v) is 2.74. The highest BCUT2D eigenvalue weighted by Gasteiger charge is 2.27. The van der Waals surface area contributed by atoms with Crippen molar-refractivity contribution in [2.45, 2.75) is 33.2 Å². The average Bonchev–Trinajstić information content (AvgIpc) is 2.84. The molecule has 0 radical (unpaired) electrons. The Morgan fingerprint density at radius 2 is 2.23 bits per heavy atom. The third kappa shape index (κ3) is 4.85. The smallest absolute Gasteiger partial charge is 0.234 e. The van der Waals surface area contributed by atoms with Crippen LogP contribution in [0.3, 0.4) is 0 Å². The van der Waals surface area contributed by atoms with Crippen molar-refractivity contribution >= 4 is 5.91 Å². The summed E-state index contributed by atoms with van der Waals surface area (Å²) in [6, 6.07) is 4.29. The molecule has 1 saturated heterocycles. The van der Waals surface area contributed by atoms with Gasteiger partial charge in [-0.15, -0.1) is 0 Å². The summed E-state index contributed by atoms with van der Waals surface area (Å²) in [4.78, 5) is 14.4. The summed E-state index contributed by atoms with van der Waals surface area (Å²) in [6.07, 6.45) is 3.02. The normalized spacial score (nSPS) is 20.1. The lowest BCUT2D eigenvalue weighted by molar-refractivity contribution is -0.124. The quantitative estimate of drug-likeness (QED) is 0.904. The number of rotatable bonds is 5. The lowest BCUT2D eigenvalue weighted by Gasteiger charge is -2.35. The molecule has 0 unspecified atom stereocenters. The number of ether oxygens (including phenoxy) is 1. The first-order valence-electron chi connectivity index (χ1n) is 8.06. The maximum atomic E-state index is 12.2. The first kappa shape index (κ1) is 17.0. The second-order valence-electron chi connectivity index (χ2n) is 7.27. The number of hydrogen-bond donors (Lipinski definition) is 1. The predicted molar refractivity (Wildman–Crippen MR) is 87.6 cm³/mol. The molecule has 1 N–H and O–H groups in total. The van der Waals surface area contributed by atoms with E-state index in [0.717, 1.165) is 19.5 Å². The molecule has 22 heavy (non-hydrogen) atoms. The Morgan fingerprint density at radius 3 is 2.86 bits per heavy atom. The van der Waals surface area contributed by atoms with Gasteiger partial charge in [0.05, 0.1) is 25.8 Å². The standard InChI is InChI=1S/C17H29N3O2/c1-17(2,3)7-8-18-16(21)12-20-10-11-22-13-15(20)14-6-5-9-19(14)4/h5-6,9,15H,7-8,10-13H2,1-4H3,(H,18,21)/t15-/m1/s1. The molecule has 5 nitrogen and oxygen atoms in total. The molecule has 0 bridgehead atoms. The van der Waals surface area contributed by atoms with Gasteiger partial charge in [-0.25, -0.2) is 0 Å². The molecule has 1 aliphatic heterocycles. The van der Waals surface area contributed by atoms with Crippen molar-refractivity contribution in [3.8, 4) is 0 Å². The molecular formula is C17H29N3O2. The van der Waals surface area contributed by atoms with Crippen LogP contribution in [0.1, 0.15) is 38.9 Å². The Morgan fingerprint density at radius 1 is 1.45 bits per heavy atom. The zero-order valence-corrected chi connectivity index (χ0v) is 14.3. The van der Waals surface area contributed by atoms with E-state index in [9.17, 15) is 4.79 Å². The molecule has 1 aromatic rings. The summed E-state index contributed by atoms with van der Waals surface area (Å²) < 4.78 is 7.71. The van der Waals surface area contributed by atoms with Crippen molar-refractivity contribution in [2.75, 3.05) is 32.8 Å². The van der Waals surface area contributed by atoms with E-state index in [1.807, 2.05) is 19.3 Å². The minimum Gasteiger partial charge on any atom is -0.378 e. The Balaban J connectivity index is 1.89. The van der Waals surface area contributed by atoms with Gasteiger partial charge in [-0.05, 0) is 24.0 Å². The van der Waals surface area contributed by atoms with Crippen LogP contribution < -0.4 is 5.32 Å². The second-order valence-corrected chi connectivity index (χ2v) is 7.27. The summed E-state index contributed by atoms with van der Waals surface area (Å²) in [5.41, 5.74) is 1.44. The molecule has 0 saturated carbocycles. The van der Waals surface area contributed by atoms with E-state index in [-0.39, 0.29) is 17.4 Å². The van der Waals surface area contributed by atoms with Gasteiger partial charge in [-0.1, -0.05) is 20.8 Å². The molecule has 1 aromatic heterocycles. The van der Waals surface area contributed by atoms with E-state index in [1.54, 1.807) is 0 Å². The van der Waals surface area contributed by atoms with Crippen molar-refractivity contribution in [1.82, 2.24) is 14.8 Å². The number of hydrogen-bond acceptors (Lipinski definition) is 3. The molecule has 2 heterocycles. The second kappa shape index (κ2) is 7.29. The Labute approximate surface area is 133 Å². The lowest BCUT2D eigenvalue weighted by Crippen LogP contribution is -2.46. The van der Waals surface area contributed by atoms with Crippen LogP contribution in [0.2, 0.25) is 0 Å². The first-order valence-corrected chi connectivity index (χ1v) is 8.06. The molecule has 124 valence electrons. The van der Waals surface area contributed by atoms with Gasteiger partial charge in [0.15, 0.2) is 0 Å². The highest BCUT2D eigenvalue weighted by Crippen LogP contribution is 2.23.